The molecule has 0 N–H and O–H groups in total. The van der Waals surface area contributed by atoms with Gasteiger partial charge in [0.1, 0.15) is 0 Å². The molecule has 2 aromatic rings. The molecular formula is C10H8F2N2. The molecular weight excluding hydrogens is 186 g/mol. The molecule has 0 bridgehead atoms. The summed E-state index contributed by atoms with van der Waals surface area (Å²) in [6.45, 7) is 0. The largest absolute Gasteiger partial charge is 0.340 e. The highest BCUT2D eigenvalue weighted by atomic mass is 19.2. The number of aromatic nitrogens is 2. The summed E-state index contributed by atoms with van der Waals surface area (Å²) in [4.78, 5) is 4.03. The van der Waals surface area contributed by atoms with Crippen molar-refractivity contribution in [1.82, 2.24) is 9.55 Å². The smallest absolute Gasteiger partial charge is 0.159 e. The number of imidazole rings is 1. The first-order valence-electron chi connectivity index (χ1n) is 4.10. The maximum absolute atomic E-state index is 12.9. The SMILES string of the molecule is Cn1cnc(-c2ccc(F)c(F)c2)c1. The van der Waals surface area contributed by atoms with Crippen LogP contribution in [0.1, 0.15) is 0 Å². The Balaban J connectivity index is 2.47. The van der Waals surface area contributed by atoms with Crippen LogP contribution in [0.5, 0.6) is 0 Å². The lowest BCUT2D eigenvalue weighted by Gasteiger charge is -1.97. The summed E-state index contributed by atoms with van der Waals surface area (Å²) in [7, 11) is 1.82. The van der Waals surface area contributed by atoms with Crippen LogP contribution >= 0.6 is 0 Å². The quantitative estimate of drug-likeness (QED) is 0.681. The zero-order valence-corrected chi connectivity index (χ0v) is 7.54. The summed E-state index contributed by atoms with van der Waals surface area (Å²) in [5.74, 6) is -1.70. The van der Waals surface area contributed by atoms with E-state index in [9.17, 15) is 8.78 Å². The molecule has 0 saturated carbocycles. The standard InChI is InChI=1S/C10H8F2N2/c1-14-5-10(13-6-14)7-2-3-8(11)9(12)4-7/h2-6H,1H3. The highest BCUT2D eigenvalue weighted by Gasteiger charge is 2.05. The minimum Gasteiger partial charge on any atom is -0.340 e. The van der Waals surface area contributed by atoms with Crippen LogP contribution in [0.3, 0.4) is 0 Å². The molecule has 0 aliphatic carbocycles. The Morgan fingerprint density at radius 3 is 2.57 bits per heavy atom. The second kappa shape index (κ2) is 3.21. The van der Waals surface area contributed by atoms with Gasteiger partial charge in [-0.05, 0) is 18.2 Å². The third-order valence-corrected chi connectivity index (χ3v) is 1.92. The molecule has 1 aromatic carbocycles. The minimum absolute atomic E-state index is 0.574. The van der Waals surface area contributed by atoms with E-state index in [1.807, 2.05) is 7.05 Å². The first-order chi connectivity index (χ1) is 6.66. The average Bonchev–Trinajstić information content (AvgIpc) is 2.57. The summed E-state index contributed by atoms with van der Waals surface area (Å²) in [5.41, 5.74) is 1.20. The lowest BCUT2D eigenvalue weighted by molar-refractivity contribution is 0.509. The van der Waals surface area contributed by atoms with Crippen molar-refractivity contribution in [3.05, 3.63) is 42.4 Å². The van der Waals surface area contributed by atoms with Crippen LogP contribution < -0.4 is 0 Å². The fourth-order valence-electron chi connectivity index (χ4n) is 1.22. The van der Waals surface area contributed by atoms with Crippen LogP contribution in [0.15, 0.2) is 30.7 Å². The molecule has 0 amide bonds. The third kappa shape index (κ3) is 1.51. The molecule has 0 fully saturated rings. The van der Waals surface area contributed by atoms with Crippen LogP contribution in [0.25, 0.3) is 11.3 Å². The molecule has 2 rings (SSSR count). The Morgan fingerprint density at radius 2 is 2.00 bits per heavy atom. The van der Waals surface area contributed by atoms with E-state index >= 15 is 0 Å². The van der Waals surface area contributed by atoms with E-state index in [0.29, 0.717) is 11.3 Å². The molecule has 0 unspecified atom stereocenters. The van der Waals surface area contributed by atoms with Gasteiger partial charge in [0.25, 0.3) is 0 Å². The normalized spacial score (nSPS) is 10.5. The van der Waals surface area contributed by atoms with Crippen molar-refractivity contribution < 1.29 is 8.78 Å². The summed E-state index contributed by atoms with van der Waals surface area (Å²) in [5, 5.41) is 0. The van der Waals surface area contributed by atoms with Crippen molar-refractivity contribution in [3.63, 3.8) is 0 Å². The molecule has 14 heavy (non-hydrogen) atoms. The highest BCUT2D eigenvalue weighted by molar-refractivity contribution is 5.58. The zero-order valence-electron chi connectivity index (χ0n) is 7.54. The second-order valence-corrected chi connectivity index (χ2v) is 3.05. The van der Waals surface area contributed by atoms with Gasteiger partial charge in [-0.2, -0.15) is 0 Å². The third-order valence-electron chi connectivity index (χ3n) is 1.92. The second-order valence-electron chi connectivity index (χ2n) is 3.05. The van der Waals surface area contributed by atoms with Crippen molar-refractivity contribution in [3.8, 4) is 11.3 Å². The van der Waals surface area contributed by atoms with Crippen LogP contribution in [0, 0.1) is 11.6 Å². The average molecular weight is 194 g/mol. The van der Waals surface area contributed by atoms with Crippen molar-refractivity contribution in [2.45, 2.75) is 0 Å². The van der Waals surface area contributed by atoms with E-state index in [1.165, 1.54) is 6.07 Å². The van der Waals surface area contributed by atoms with Crippen LogP contribution in [0.4, 0.5) is 8.78 Å². The first-order valence-corrected chi connectivity index (χ1v) is 4.10. The van der Waals surface area contributed by atoms with Gasteiger partial charge >= 0.3 is 0 Å². The number of hydrogen-bond donors (Lipinski definition) is 0. The Bertz CT molecular complexity index is 463. The van der Waals surface area contributed by atoms with Crippen molar-refractivity contribution >= 4 is 0 Å². The molecule has 0 radical (unpaired) electrons. The van der Waals surface area contributed by atoms with Gasteiger partial charge in [-0.25, -0.2) is 13.8 Å². The Hall–Kier alpha value is -1.71. The summed E-state index contributed by atoms with van der Waals surface area (Å²) >= 11 is 0. The predicted octanol–water partition coefficient (Wildman–Crippen LogP) is 2.37. The number of nitrogens with zero attached hydrogens (tertiary/aromatic N) is 2. The fourth-order valence-corrected chi connectivity index (χ4v) is 1.22. The van der Waals surface area contributed by atoms with E-state index in [2.05, 4.69) is 4.98 Å². The van der Waals surface area contributed by atoms with Gasteiger partial charge in [0.05, 0.1) is 12.0 Å². The van der Waals surface area contributed by atoms with Crippen LogP contribution in [0.2, 0.25) is 0 Å². The Morgan fingerprint density at radius 1 is 1.21 bits per heavy atom. The minimum atomic E-state index is -0.854. The maximum atomic E-state index is 12.9. The first kappa shape index (κ1) is 8.87. The van der Waals surface area contributed by atoms with Crippen molar-refractivity contribution in [1.29, 1.82) is 0 Å². The molecule has 0 saturated heterocycles. The van der Waals surface area contributed by atoms with Crippen molar-refractivity contribution in [2.24, 2.45) is 7.05 Å². The number of aryl methyl sites for hydroxylation is 1. The lowest BCUT2D eigenvalue weighted by atomic mass is 10.1. The van der Waals surface area contributed by atoms with Gasteiger partial charge in [-0.1, -0.05) is 0 Å². The van der Waals surface area contributed by atoms with Crippen LogP contribution in [-0.2, 0) is 7.05 Å². The predicted molar refractivity (Wildman–Crippen MR) is 48.6 cm³/mol. The van der Waals surface area contributed by atoms with E-state index in [4.69, 9.17) is 0 Å². The summed E-state index contributed by atoms with van der Waals surface area (Å²) in [6.07, 6.45) is 3.35. The summed E-state index contributed by atoms with van der Waals surface area (Å²) < 4.78 is 27.2. The summed E-state index contributed by atoms with van der Waals surface area (Å²) in [6, 6.07) is 3.73. The van der Waals surface area contributed by atoms with E-state index in [1.54, 1.807) is 17.1 Å². The molecule has 1 aromatic heterocycles. The van der Waals surface area contributed by atoms with Gasteiger partial charge in [0, 0.05) is 18.8 Å². The molecule has 0 atom stereocenters. The Kier molecular flexibility index (Phi) is 2.04. The molecule has 2 nitrogen and oxygen atoms in total. The van der Waals surface area contributed by atoms with Gasteiger partial charge in [0.2, 0.25) is 0 Å². The highest BCUT2D eigenvalue weighted by Crippen LogP contribution is 2.18. The maximum Gasteiger partial charge on any atom is 0.159 e. The lowest BCUT2D eigenvalue weighted by Crippen LogP contribution is -1.85. The zero-order chi connectivity index (χ0) is 10.1. The van der Waals surface area contributed by atoms with Gasteiger partial charge in [0.15, 0.2) is 11.6 Å². The van der Waals surface area contributed by atoms with E-state index in [-0.39, 0.29) is 0 Å². The Labute approximate surface area is 79.8 Å². The van der Waals surface area contributed by atoms with E-state index in [0.717, 1.165) is 12.1 Å². The van der Waals surface area contributed by atoms with Gasteiger partial charge < -0.3 is 4.57 Å². The number of hydrogen-bond acceptors (Lipinski definition) is 1. The molecule has 0 aliphatic rings. The molecule has 1 heterocycles. The number of rotatable bonds is 1. The van der Waals surface area contributed by atoms with Crippen molar-refractivity contribution in [2.75, 3.05) is 0 Å². The molecule has 0 spiro atoms. The fraction of sp³-hybridized carbons (Fsp3) is 0.100. The number of halogens is 2. The topological polar surface area (TPSA) is 17.8 Å². The van der Waals surface area contributed by atoms with Gasteiger partial charge in [-0.3, -0.25) is 0 Å². The van der Waals surface area contributed by atoms with Gasteiger partial charge in [-0.15, -0.1) is 0 Å². The molecule has 0 aliphatic heterocycles. The molecule has 4 heteroatoms. The van der Waals surface area contributed by atoms with Crippen LogP contribution in [-0.4, -0.2) is 9.55 Å². The number of benzene rings is 1. The molecule has 72 valence electrons. The van der Waals surface area contributed by atoms with E-state index < -0.39 is 11.6 Å². The monoisotopic (exact) mass is 194 g/mol.